The SMILES string of the molecule is C/C=C\C.Cn1c2ccccc2c2cc(-c3ccc4c(c3)C(c3ccccc3)(c3ccccc3)c3ccccc3-4)ccc21. The Morgan fingerprint density at radius 1 is 0.465 bits per heavy atom. The molecule has 0 bridgehead atoms. The van der Waals surface area contributed by atoms with Crippen LogP contribution in [-0.2, 0) is 12.5 Å². The molecule has 0 aliphatic heterocycles. The van der Waals surface area contributed by atoms with E-state index in [9.17, 15) is 0 Å². The van der Waals surface area contributed by atoms with Gasteiger partial charge in [-0.2, -0.15) is 0 Å². The van der Waals surface area contributed by atoms with Crippen LogP contribution in [0.25, 0.3) is 44.1 Å². The normalized spacial score (nSPS) is 13.1. The Morgan fingerprint density at radius 3 is 1.70 bits per heavy atom. The van der Waals surface area contributed by atoms with Crippen molar-refractivity contribution in [1.29, 1.82) is 0 Å². The highest BCUT2D eigenvalue weighted by Gasteiger charge is 2.46. The average molecular weight is 554 g/mol. The number of hydrogen-bond donors (Lipinski definition) is 0. The lowest BCUT2D eigenvalue weighted by atomic mass is 9.67. The third kappa shape index (κ3) is 4.15. The summed E-state index contributed by atoms with van der Waals surface area (Å²) in [7, 11) is 2.16. The van der Waals surface area contributed by atoms with Crippen LogP contribution >= 0.6 is 0 Å². The van der Waals surface area contributed by atoms with Gasteiger partial charge in [-0.05, 0) is 82.6 Å². The molecule has 1 heterocycles. The quantitative estimate of drug-likeness (QED) is 0.192. The molecule has 0 spiro atoms. The molecule has 0 atom stereocenters. The second-order valence-corrected chi connectivity index (χ2v) is 11.3. The van der Waals surface area contributed by atoms with Gasteiger partial charge in [-0.15, -0.1) is 0 Å². The van der Waals surface area contributed by atoms with Gasteiger partial charge < -0.3 is 4.57 Å². The summed E-state index contributed by atoms with van der Waals surface area (Å²) in [6.07, 6.45) is 4.00. The molecule has 1 aliphatic rings. The molecule has 0 saturated heterocycles. The summed E-state index contributed by atoms with van der Waals surface area (Å²) in [5.74, 6) is 0. The fourth-order valence-electron chi connectivity index (χ4n) is 6.97. The van der Waals surface area contributed by atoms with E-state index in [0.717, 1.165) is 0 Å². The van der Waals surface area contributed by atoms with Crippen LogP contribution in [0.3, 0.4) is 0 Å². The number of benzene rings is 6. The Kier molecular flexibility index (Phi) is 6.80. The summed E-state index contributed by atoms with van der Waals surface area (Å²) in [6, 6.07) is 53.7. The van der Waals surface area contributed by atoms with E-state index < -0.39 is 0 Å². The molecule has 0 radical (unpaired) electrons. The fourth-order valence-corrected chi connectivity index (χ4v) is 6.97. The largest absolute Gasteiger partial charge is 0.344 e. The number of nitrogens with zero attached hydrogens (tertiary/aromatic N) is 1. The number of aryl methyl sites for hydroxylation is 1. The van der Waals surface area contributed by atoms with Crippen LogP contribution in [0.4, 0.5) is 0 Å². The van der Waals surface area contributed by atoms with Gasteiger partial charge in [-0.25, -0.2) is 0 Å². The van der Waals surface area contributed by atoms with E-state index in [-0.39, 0.29) is 5.41 Å². The molecule has 1 aromatic heterocycles. The summed E-state index contributed by atoms with van der Waals surface area (Å²) in [4.78, 5) is 0. The Labute approximate surface area is 254 Å². The molecule has 7 aromatic rings. The van der Waals surface area contributed by atoms with Gasteiger partial charge >= 0.3 is 0 Å². The van der Waals surface area contributed by atoms with Crippen molar-refractivity contribution in [2.75, 3.05) is 0 Å². The van der Waals surface area contributed by atoms with E-state index in [4.69, 9.17) is 0 Å². The number of allylic oxidation sites excluding steroid dienone is 2. The van der Waals surface area contributed by atoms with Crippen LogP contribution in [0.1, 0.15) is 36.1 Å². The Hall–Kier alpha value is -5.14. The Balaban J connectivity index is 0.000000709. The zero-order chi connectivity index (χ0) is 29.4. The molecular formula is C42H35N. The zero-order valence-electron chi connectivity index (χ0n) is 25.0. The first-order valence-electron chi connectivity index (χ1n) is 15.1. The molecular weight excluding hydrogens is 518 g/mol. The van der Waals surface area contributed by atoms with Crippen molar-refractivity contribution < 1.29 is 0 Å². The van der Waals surface area contributed by atoms with Crippen LogP contribution in [0.2, 0.25) is 0 Å². The van der Waals surface area contributed by atoms with Gasteiger partial charge in [0.15, 0.2) is 0 Å². The first kappa shape index (κ1) is 26.7. The lowest BCUT2D eigenvalue weighted by molar-refractivity contribution is 0.769. The summed E-state index contributed by atoms with van der Waals surface area (Å²) >= 11 is 0. The number of aromatic nitrogens is 1. The van der Waals surface area contributed by atoms with Crippen LogP contribution in [-0.4, -0.2) is 4.57 Å². The molecule has 43 heavy (non-hydrogen) atoms. The van der Waals surface area contributed by atoms with Crippen molar-refractivity contribution in [2.24, 2.45) is 7.05 Å². The average Bonchev–Trinajstić information content (AvgIpc) is 3.54. The van der Waals surface area contributed by atoms with E-state index in [1.165, 1.54) is 66.3 Å². The number of rotatable bonds is 3. The summed E-state index contributed by atoms with van der Waals surface area (Å²) in [5, 5.41) is 2.60. The van der Waals surface area contributed by atoms with Crippen molar-refractivity contribution in [1.82, 2.24) is 4.57 Å². The molecule has 6 aromatic carbocycles. The second kappa shape index (κ2) is 10.9. The maximum absolute atomic E-state index is 2.45. The number of hydrogen-bond acceptors (Lipinski definition) is 0. The minimum atomic E-state index is -0.381. The molecule has 0 N–H and O–H groups in total. The van der Waals surface area contributed by atoms with Crippen LogP contribution < -0.4 is 0 Å². The van der Waals surface area contributed by atoms with Gasteiger partial charge in [0.2, 0.25) is 0 Å². The van der Waals surface area contributed by atoms with Gasteiger partial charge in [-0.3, -0.25) is 0 Å². The summed E-state index contributed by atoms with van der Waals surface area (Å²) < 4.78 is 2.30. The molecule has 0 saturated carbocycles. The summed E-state index contributed by atoms with van der Waals surface area (Å²) in [5.41, 5.74) is 12.5. The number of fused-ring (bicyclic) bond motifs is 6. The molecule has 1 heteroatoms. The highest BCUT2D eigenvalue weighted by Crippen LogP contribution is 2.56. The predicted molar refractivity (Wildman–Crippen MR) is 184 cm³/mol. The van der Waals surface area contributed by atoms with Gasteiger partial charge in [0.25, 0.3) is 0 Å². The topological polar surface area (TPSA) is 4.93 Å². The number of para-hydroxylation sites is 1. The van der Waals surface area contributed by atoms with Gasteiger partial charge in [-0.1, -0.05) is 133 Å². The highest BCUT2D eigenvalue weighted by atomic mass is 14.9. The molecule has 0 fully saturated rings. The van der Waals surface area contributed by atoms with E-state index in [2.05, 4.69) is 157 Å². The lowest BCUT2D eigenvalue weighted by Crippen LogP contribution is -2.28. The minimum Gasteiger partial charge on any atom is -0.344 e. The summed E-state index contributed by atoms with van der Waals surface area (Å²) in [6.45, 7) is 4.00. The third-order valence-corrected chi connectivity index (χ3v) is 9.04. The fraction of sp³-hybridized carbons (Fsp3) is 0.0952. The maximum atomic E-state index is 2.45. The van der Waals surface area contributed by atoms with Gasteiger partial charge in [0, 0.05) is 28.9 Å². The monoisotopic (exact) mass is 553 g/mol. The Morgan fingerprint density at radius 2 is 1.00 bits per heavy atom. The van der Waals surface area contributed by atoms with E-state index in [0.29, 0.717) is 0 Å². The molecule has 0 amide bonds. The first-order valence-corrected chi connectivity index (χ1v) is 15.1. The van der Waals surface area contributed by atoms with Crippen LogP contribution in [0, 0.1) is 0 Å². The zero-order valence-corrected chi connectivity index (χ0v) is 25.0. The van der Waals surface area contributed by atoms with E-state index >= 15 is 0 Å². The van der Waals surface area contributed by atoms with Crippen molar-refractivity contribution >= 4 is 21.8 Å². The molecule has 1 aliphatic carbocycles. The molecule has 8 rings (SSSR count). The second-order valence-electron chi connectivity index (χ2n) is 11.3. The predicted octanol–water partition coefficient (Wildman–Crippen LogP) is 10.9. The van der Waals surface area contributed by atoms with Gasteiger partial charge in [0.1, 0.15) is 0 Å². The standard InChI is InChI=1S/C38H27N.C4H8/c1-39-36-19-11-9-17-32(36)33-24-26(21-23-37(33)39)27-20-22-31-30-16-8-10-18-34(30)38(35(31)25-27,28-12-4-2-5-13-28)29-14-6-3-7-15-29;1-3-4-2/h2-25H,1H3;3-4H,1-2H3/b;4-3-. The Bertz CT molecular complexity index is 2050. The molecule has 208 valence electrons. The first-order chi connectivity index (χ1) is 21.2. The van der Waals surface area contributed by atoms with Crippen molar-refractivity contribution in [3.8, 4) is 22.3 Å². The minimum absolute atomic E-state index is 0.381. The highest BCUT2D eigenvalue weighted by molar-refractivity contribution is 6.09. The van der Waals surface area contributed by atoms with Crippen LogP contribution in [0.15, 0.2) is 158 Å². The van der Waals surface area contributed by atoms with E-state index in [1.807, 2.05) is 26.0 Å². The van der Waals surface area contributed by atoms with Gasteiger partial charge in [0.05, 0.1) is 5.41 Å². The van der Waals surface area contributed by atoms with E-state index in [1.54, 1.807) is 0 Å². The van der Waals surface area contributed by atoms with Crippen molar-refractivity contribution in [2.45, 2.75) is 19.3 Å². The maximum Gasteiger partial charge on any atom is 0.0713 e. The molecule has 1 nitrogen and oxygen atoms in total. The van der Waals surface area contributed by atoms with Crippen molar-refractivity contribution in [3.63, 3.8) is 0 Å². The smallest absolute Gasteiger partial charge is 0.0713 e. The lowest BCUT2D eigenvalue weighted by Gasteiger charge is -2.34. The third-order valence-electron chi connectivity index (χ3n) is 9.04. The van der Waals surface area contributed by atoms with Crippen molar-refractivity contribution in [3.05, 3.63) is 180 Å². The van der Waals surface area contributed by atoms with Crippen LogP contribution in [0.5, 0.6) is 0 Å². The molecule has 0 unspecified atom stereocenters.